The third-order valence-electron chi connectivity index (χ3n) is 5.12. The molecular weight excluding hydrogens is 374 g/mol. The van der Waals surface area contributed by atoms with Crippen LogP contribution in [0.1, 0.15) is 13.3 Å². The van der Waals surface area contributed by atoms with Crippen LogP contribution in [0.4, 0.5) is 25.0 Å². The van der Waals surface area contributed by atoms with Crippen LogP contribution in [0.15, 0.2) is 48.5 Å². The molecule has 0 radical (unpaired) electrons. The first kappa shape index (κ1) is 21.0. The third-order valence-corrected chi connectivity index (χ3v) is 5.12. The molecule has 0 atom stereocenters. The van der Waals surface area contributed by atoms with Gasteiger partial charge in [-0.2, -0.15) is 0 Å². The van der Waals surface area contributed by atoms with Crippen molar-refractivity contribution < 1.29 is 13.6 Å². The smallest absolute Gasteiger partial charge is 0.317 e. The number of carbonyl (C=O) groups is 1. The van der Waals surface area contributed by atoms with E-state index in [1.807, 2.05) is 11.8 Å². The topological polar surface area (TPSA) is 38.8 Å². The molecule has 1 fully saturated rings. The highest BCUT2D eigenvalue weighted by atomic mass is 19.1. The van der Waals surface area contributed by atoms with Crippen molar-refractivity contribution in [1.82, 2.24) is 15.1 Å². The van der Waals surface area contributed by atoms with Crippen molar-refractivity contribution in [3.63, 3.8) is 0 Å². The van der Waals surface area contributed by atoms with E-state index in [1.165, 1.54) is 24.3 Å². The summed E-state index contributed by atoms with van der Waals surface area (Å²) < 4.78 is 26.7. The van der Waals surface area contributed by atoms with E-state index in [0.717, 1.165) is 57.1 Å². The quantitative estimate of drug-likeness (QED) is 0.765. The van der Waals surface area contributed by atoms with Crippen LogP contribution in [0, 0.1) is 11.6 Å². The number of nitrogens with zero attached hydrogens (tertiary/aromatic N) is 3. The van der Waals surface area contributed by atoms with E-state index in [2.05, 4.69) is 15.1 Å². The molecule has 7 heteroatoms. The van der Waals surface area contributed by atoms with Crippen LogP contribution in [0.3, 0.4) is 0 Å². The summed E-state index contributed by atoms with van der Waals surface area (Å²) in [5.74, 6) is -0.560. The van der Waals surface area contributed by atoms with Crippen LogP contribution in [-0.2, 0) is 0 Å². The fraction of sp³-hybridized carbons (Fsp3) is 0.409. The number of carbonyl (C=O) groups excluding carboxylic acids is 1. The summed E-state index contributed by atoms with van der Waals surface area (Å²) in [6.07, 6.45) is 0.899. The number of benzene rings is 2. The lowest BCUT2D eigenvalue weighted by Gasteiger charge is -2.35. The molecule has 156 valence electrons. The van der Waals surface area contributed by atoms with Gasteiger partial charge in [0.25, 0.3) is 0 Å². The van der Waals surface area contributed by atoms with E-state index in [-0.39, 0.29) is 17.7 Å². The standard InChI is InChI=1S/C22H28F2N4O/c1-2-25-22(29)27-16-14-26(15-17-27)12-3-13-28(20-8-4-18(23)5-9-20)21-10-6-19(24)7-11-21/h4-11H,2-3,12-17H2,1H3,(H,25,29). The SMILES string of the molecule is CCNC(=O)N1CCN(CCCN(c2ccc(F)cc2)c2ccc(F)cc2)CC1. The molecule has 2 aromatic carbocycles. The maximum atomic E-state index is 13.3. The molecule has 0 aliphatic carbocycles. The van der Waals surface area contributed by atoms with Crippen LogP contribution < -0.4 is 10.2 Å². The molecule has 1 aliphatic heterocycles. The molecular formula is C22H28F2N4O. The van der Waals surface area contributed by atoms with Gasteiger partial charge < -0.3 is 15.1 Å². The summed E-state index contributed by atoms with van der Waals surface area (Å²) >= 11 is 0. The first-order chi connectivity index (χ1) is 14.1. The number of rotatable bonds is 7. The Hall–Kier alpha value is -2.67. The van der Waals surface area contributed by atoms with Crippen LogP contribution in [0.2, 0.25) is 0 Å². The van der Waals surface area contributed by atoms with Gasteiger partial charge >= 0.3 is 6.03 Å². The van der Waals surface area contributed by atoms with Crippen molar-refractivity contribution in [2.24, 2.45) is 0 Å². The van der Waals surface area contributed by atoms with Crippen LogP contribution in [0.5, 0.6) is 0 Å². The molecule has 5 nitrogen and oxygen atoms in total. The van der Waals surface area contributed by atoms with E-state index >= 15 is 0 Å². The number of halogens is 2. The number of nitrogens with one attached hydrogen (secondary N) is 1. The molecule has 0 saturated carbocycles. The zero-order chi connectivity index (χ0) is 20.6. The number of urea groups is 1. The zero-order valence-electron chi connectivity index (χ0n) is 16.8. The van der Waals surface area contributed by atoms with Gasteiger partial charge in [0.1, 0.15) is 11.6 Å². The van der Waals surface area contributed by atoms with Gasteiger partial charge in [0.15, 0.2) is 0 Å². The molecule has 29 heavy (non-hydrogen) atoms. The predicted octanol–water partition coefficient (Wildman–Crippen LogP) is 3.84. The Kier molecular flexibility index (Phi) is 7.41. The molecule has 0 aromatic heterocycles. The Morgan fingerprint density at radius 2 is 1.45 bits per heavy atom. The molecule has 0 bridgehead atoms. The van der Waals surface area contributed by atoms with Gasteiger partial charge in [0.05, 0.1) is 0 Å². The summed E-state index contributed by atoms with van der Waals surface area (Å²) in [4.78, 5) is 18.2. The molecule has 1 N–H and O–H groups in total. The van der Waals surface area contributed by atoms with Crippen LogP contribution in [-0.4, -0.2) is 61.6 Å². The Bertz CT molecular complexity index is 729. The Morgan fingerprint density at radius 3 is 1.93 bits per heavy atom. The normalized spacial score (nSPS) is 14.7. The van der Waals surface area contributed by atoms with Gasteiger partial charge in [0.2, 0.25) is 0 Å². The highest BCUT2D eigenvalue weighted by Crippen LogP contribution is 2.26. The molecule has 1 heterocycles. The molecule has 3 rings (SSSR count). The van der Waals surface area contributed by atoms with Gasteiger partial charge in [-0.3, -0.25) is 4.90 Å². The van der Waals surface area contributed by atoms with Crippen molar-refractivity contribution >= 4 is 17.4 Å². The van der Waals surface area contributed by atoms with Crippen molar-refractivity contribution in [2.45, 2.75) is 13.3 Å². The number of amides is 2. The summed E-state index contributed by atoms with van der Waals surface area (Å²) in [6.45, 7) is 7.35. The Balaban J connectivity index is 1.56. The fourth-order valence-electron chi connectivity index (χ4n) is 3.54. The van der Waals surface area contributed by atoms with Gasteiger partial charge in [0, 0.05) is 50.6 Å². The highest BCUT2D eigenvalue weighted by Gasteiger charge is 2.20. The lowest BCUT2D eigenvalue weighted by atomic mass is 10.2. The van der Waals surface area contributed by atoms with Crippen LogP contribution in [0.25, 0.3) is 0 Å². The van der Waals surface area contributed by atoms with E-state index in [4.69, 9.17) is 0 Å². The van der Waals surface area contributed by atoms with Gasteiger partial charge in [-0.25, -0.2) is 13.6 Å². The summed E-state index contributed by atoms with van der Waals surface area (Å²) in [5, 5.41) is 2.84. The Morgan fingerprint density at radius 1 is 0.931 bits per heavy atom. The minimum Gasteiger partial charge on any atom is -0.341 e. The molecule has 2 amide bonds. The number of piperazine rings is 1. The zero-order valence-corrected chi connectivity index (χ0v) is 16.8. The lowest BCUT2D eigenvalue weighted by molar-refractivity contribution is 0.139. The second-order valence-corrected chi connectivity index (χ2v) is 7.12. The highest BCUT2D eigenvalue weighted by molar-refractivity contribution is 5.74. The molecule has 1 saturated heterocycles. The average molecular weight is 402 g/mol. The minimum atomic E-state index is -0.280. The van der Waals surface area contributed by atoms with Crippen molar-refractivity contribution in [2.75, 3.05) is 50.7 Å². The number of hydrogen-bond donors (Lipinski definition) is 1. The number of hydrogen-bond acceptors (Lipinski definition) is 3. The monoisotopic (exact) mass is 402 g/mol. The molecule has 2 aromatic rings. The van der Waals surface area contributed by atoms with Gasteiger partial charge in [-0.05, 0) is 68.4 Å². The summed E-state index contributed by atoms with van der Waals surface area (Å²) in [6, 6.07) is 12.7. The summed E-state index contributed by atoms with van der Waals surface area (Å²) in [5.41, 5.74) is 1.75. The van der Waals surface area contributed by atoms with Gasteiger partial charge in [-0.15, -0.1) is 0 Å². The minimum absolute atomic E-state index is 0.00550. The predicted molar refractivity (Wildman–Crippen MR) is 112 cm³/mol. The third kappa shape index (κ3) is 5.90. The molecule has 1 aliphatic rings. The summed E-state index contributed by atoms with van der Waals surface area (Å²) in [7, 11) is 0. The maximum absolute atomic E-state index is 13.3. The van der Waals surface area contributed by atoms with Crippen LogP contribution >= 0.6 is 0 Å². The maximum Gasteiger partial charge on any atom is 0.317 e. The number of anilines is 2. The molecule has 0 unspecified atom stereocenters. The van der Waals surface area contributed by atoms with E-state index in [9.17, 15) is 13.6 Å². The largest absolute Gasteiger partial charge is 0.341 e. The average Bonchev–Trinajstić information content (AvgIpc) is 2.74. The Labute approximate surface area is 170 Å². The van der Waals surface area contributed by atoms with E-state index < -0.39 is 0 Å². The first-order valence-electron chi connectivity index (χ1n) is 10.1. The second kappa shape index (κ2) is 10.2. The fourth-order valence-corrected chi connectivity index (χ4v) is 3.54. The van der Waals surface area contributed by atoms with Crippen molar-refractivity contribution in [3.05, 3.63) is 60.2 Å². The second-order valence-electron chi connectivity index (χ2n) is 7.12. The van der Waals surface area contributed by atoms with E-state index in [0.29, 0.717) is 6.54 Å². The lowest BCUT2D eigenvalue weighted by Crippen LogP contribution is -2.52. The van der Waals surface area contributed by atoms with Gasteiger partial charge in [-0.1, -0.05) is 0 Å². The molecule has 0 spiro atoms. The van der Waals surface area contributed by atoms with Crippen molar-refractivity contribution in [1.29, 1.82) is 0 Å². The first-order valence-corrected chi connectivity index (χ1v) is 10.1. The van der Waals surface area contributed by atoms with Crippen molar-refractivity contribution in [3.8, 4) is 0 Å². The van der Waals surface area contributed by atoms with E-state index in [1.54, 1.807) is 24.3 Å².